The van der Waals surface area contributed by atoms with Gasteiger partial charge in [0.15, 0.2) is 11.9 Å². The SMILES string of the molecule is CC(=O)c1ccc(OC(C)C(=O)Nc2cccc(C(F)(F)F)c2)cc1. The first-order valence-electron chi connectivity index (χ1n) is 7.42. The van der Waals surface area contributed by atoms with E-state index in [0.717, 1.165) is 12.1 Å². The molecule has 7 heteroatoms. The van der Waals surface area contributed by atoms with Gasteiger partial charge in [-0.25, -0.2) is 0 Å². The molecule has 1 atom stereocenters. The highest BCUT2D eigenvalue weighted by molar-refractivity contribution is 5.95. The van der Waals surface area contributed by atoms with Crippen molar-refractivity contribution in [1.29, 1.82) is 0 Å². The normalized spacial score (nSPS) is 12.4. The fourth-order valence-corrected chi connectivity index (χ4v) is 2.04. The van der Waals surface area contributed by atoms with Crippen LogP contribution in [0.15, 0.2) is 48.5 Å². The topological polar surface area (TPSA) is 55.4 Å². The molecule has 0 heterocycles. The maximum Gasteiger partial charge on any atom is 0.416 e. The van der Waals surface area contributed by atoms with Crippen molar-refractivity contribution in [2.24, 2.45) is 0 Å². The van der Waals surface area contributed by atoms with E-state index >= 15 is 0 Å². The van der Waals surface area contributed by atoms with Crippen LogP contribution in [0.3, 0.4) is 0 Å². The number of amides is 1. The molecular weight excluding hydrogens is 335 g/mol. The number of ether oxygens (including phenoxy) is 1. The van der Waals surface area contributed by atoms with E-state index in [1.165, 1.54) is 26.0 Å². The highest BCUT2D eigenvalue weighted by Gasteiger charge is 2.30. The molecule has 0 radical (unpaired) electrons. The Morgan fingerprint density at radius 2 is 1.72 bits per heavy atom. The summed E-state index contributed by atoms with van der Waals surface area (Å²) >= 11 is 0. The Kier molecular flexibility index (Phi) is 5.46. The minimum Gasteiger partial charge on any atom is -0.481 e. The molecule has 0 aliphatic carbocycles. The third-order valence-electron chi connectivity index (χ3n) is 3.40. The van der Waals surface area contributed by atoms with Crippen molar-refractivity contribution in [2.45, 2.75) is 26.1 Å². The average Bonchev–Trinajstić information content (AvgIpc) is 2.54. The first-order chi connectivity index (χ1) is 11.7. The fourth-order valence-electron chi connectivity index (χ4n) is 2.04. The van der Waals surface area contributed by atoms with E-state index < -0.39 is 23.8 Å². The van der Waals surface area contributed by atoms with Crippen LogP contribution < -0.4 is 10.1 Å². The second-order valence-corrected chi connectivity index (χ2v) is 5.41. The summed E-state index contributed by atoms with van der Waals surface area (Å²) in [6.45, 7) is 2.91. The minimum absolute atomic E-state index is 0.0298. The standard InChI is InChI=1S/C18H16F3NO3/c1-11(23)13-6-8-16(9-7-13)25-12(2)17(24)22-15-5-3-4-14(10-15)18(19,20)21/h3-10,12H,1-2H3,(H,22,24). The second-order valence-electron chi connectivity index (χ2n) is 5.41. The molecule has 0 spiro atoms. The maximum atomic E-state index is 12.7. The van der Waals surface area contributed by atoms with E-state index in [1.807, 2.05) is 0 Å². The monoisotopic (exact) mass is 351 g/mol. The van der Waals surface area contributed by atoms with Gasteiger partial charge in [-0.2, -0.15) is 13.2 Å². The van der Waals surface area contributed by atoms with Gasteiger partial charge >= 0.3 is 6.18 Å². The van der Waals surface area contributed by atoms with E-state index in [0.29, 0.717) is 11.3 Å². The first-order valence-corrected chi connectivity index (χ1v) is 7.42. The lowest BCUT2D eigenvalue weighted by atomic mass is 10.1. The average molecular weight is 351 g/mol. The number of anilines is 1. The Morgan fingerprint density at radius 3 is 2.28 bits per heavy atom. The highest BCUT2D eigenvalue weighted by atomic mass is 19.4. The minimum atomic E-state index is -4.48. The number of ketones is 1. The Labute approximate surface area is 142 Å². The number of alkyl halides is 3. The van der Waals surface area contributed by atoms with Gasteiger partial charge in [-0.05, 0) is 56.3 Å². The van der Waals surface area contributed by atoms with Gasteiger partial charge in [-0.3, -0.25) is 9.59 Å². The third-order valence-corrected chi connectivity index (χ3v) is 3.40. The van der Waals surface area contributed by atoms with Crippen molar-refractivity contribution in [3.05, 3.63) is 59.7 Å². The summed E-state index contributed by atoms with van der Waals surface area (Å²) in [4.78, 5) is 23.3. The third kappa shape index (κ3) is 5.07. The summed E-state index contributed by atoms with van der Waals surface area (Å²) in [5.41, 5.74) is -0.311. The van der Waals surface area contributed by atoms with Crippen LogP contribution in [0.25, 0.3) is 0 Å². The van der Waals surface area contributed by atoms with E-state index in [9.17, 15) is 22.8 Å². The van der Waals surface area contributed by atoms with Crippen molar-refractivity contribution in [3.8, 4) is 5.75 Å². The van der Waals surface area contributed by atoms with Crippen LogP contribution in [0.4, 0.5) is 18.9 Å². The van der Waals surface area contributed by atoms with Gasteiger partial charge in [0.25, 0.3) is 5.91 Å². The van der Waals surface area contributed by atoms with Gasteiger partial charge in [0.05, 0.1) is 5.56 Å². The molecule has 2 rings (SSSR count). The molecule has 0 saturated heterocycles. The number of benzene rings is 2. The molecule has 0 bridgehead atoms. The smallest absolute Gasteiger partial charge is 0.416 e. The van der Waals surface area contributed by atoms with Gasteiger partial charge in [0.1, 0.15) is 5.75 Å². The predicted octanol–water partition coefficient (Wildman–Crippen LogP) is 4.31. The first kappa shape index (κ1) is 18.5. The van der Waals surface area contributed by atoms with E-state index in [2.05, 4.69) is 5.32 Å². The molecule has 1 unspecified atom stereocenters. The van der Waals surface area contributed by atoms with Crippen LogP contribution >= 0.6 is 0 Å². The summed E-state index contributed by atoms with van der Waals surface area (Å²) in [6.07, 6.45) is -5.42. The number of hydrogen-bond donors (Lipinski definition) is 1. The Bertz CT molecular complexity index is 770. The summed E-state index contributed by atoms with van der Waals surface area (Å²) in [7, 11) is 0. The fraction of sp³-hybridized carbons (Fsp3) is 0.222. The molecule has 0 aliphatic rings. The van der Waals surface area contributed by atoms with Crippen LogP contribution in [0.5, 0.6) is 5.75 Å². The van der Waals surface area contributed by atoms with Crippen molar-refractivity contribution >= 4 is 17.4 Å². The van der Waals surface area contributed by atoms with E-state index in [-0.39, 0.29) is 11.5 Å². The number of carbonyl (C=O) groups is 2. The van der Waals surface area contributed by atoms with Crippen LogP contribution in [0.2, 0.25) is 0 Å². The van der Waals surface area contributed by atoms with Crippen LogP contribution in [0.1, 0.15) is 29.8 Å². The zero-order valence-corrected chi connectivity index (χ0v) is 13.6. The molecule has 0 aliphatic heterocycles. The van der Waals surface area contributed by atoms with Gasteiger partial charge < -0.3 is 10.1 Å². The molecule has 132 valence electrons. The largest absolute Gasteiger partial charge is 0.481 e. The van der Waals surface area contributed by atoms with Crippen molar-refractivity contribution in [2.75, 3.05) is 5.32 Å². The number of halogens is 3. The molecule has 2 aromatic carbocycles. The molecule has 1 N–H and O–H groups in total. The summed E-state index contributed by atoms with van der Waals surface area (Å²) in [5, 5.41) is 2.39. The van der Waals surface area contributed by atoms with Crippen molar-refractivity contribution in [3.63, 3.8) is 0 Å². The van der Waals surface area contributed by atoms with Gasteiger partial charge in [-0.15, -0.1) is 0 Å². The molecule has 0 saturated carbocycles. The lowest BCUT2D eigenvalue weighted by Crippen LogP contribution is -2.30. The predicted molar refractivity (Wildman–Crippen MR) is 86.6 cm³/mol. The second kappa shape index (κ2) is 7.38. The molecule has 25 heavy (non-hydrogen) atoms. The Balaban J connectivity index is 2.02. The zero-order chi connectivity index (χ0) is 18.6. The van der Waals surface area contributed by atoms with Gasteiger partial charge in [0.2, 0.25) is 0 Å². The van der Waals surface area contributed by atoms with Crippen LogP contribution in [-0.4, -0.2) is 17.8 Å². The van der Waals surface area contributed by atoms with Gasteiger partial charge in [-0.1, -0.05) is 6.07 Å². The highest BCUT2D eigenvalue weighted by Crippen LogP contribution is 2.30. The number of carbonyl (C=O) groups excluding carboxylic acids is 2. The maximum absolute atomic E-state index is 12.7. The molecule has 4 nitrogen and oxygen atoms in total. The van der Waals surface area contributed by atoms with Crippen molar-refractivity contribution < 1.29 is 27.5 Å². The van der Waals surface area contributed by atoms with E-state index in [1.54, 1.807) is 24.3 Å². The molecule has 1 amide bonds. The number of nitrogens with one attached hydrogen (secondary N) is 1. The molecule has 0 aromatic heterocycles. The number of hydrogen-bond acceptors (Lipinski definition) is 3. The Hall–Kier alpha value is -2.83. The lowest BCUT2D eigenvalue weighted by molar-refractivity contribution is -0.137. The van der Waals surface area contributed by atoms with Crippen LogP contribution in [-0.2, 0) is 11.0 Å². The number of rotatable bonds is 5. The molecule has 0 fully saturated rings. The summed E-state index contributed by atoms with van der Waals surface area (Å²) in [5.74, 6) is -0.312. The van der Waals surface area contributed by atoms with Crippen molar-refractivity contribution in [1.82, 2.24) is 0 Å². The summed E-state index contributed by atoms with van der Waals surface area (Å²) in [6, 6.07) is 10.6. The summed E-state index contributed by atoms with van der Waals surface area (Å²) < 4.78 is 43.5. The van der Waals surface area contributed by atoms with E-state index in [4.69, 9.17) is 4.74 Å². The molecule has 2 aromatic rings. The van der Waals surface area contributed by atoms with Crippen LogP contribution in [0, 0.1) is 0 Å². The Morgan fingerprint density at radius 1 is 1.08 bits per heavy atom. The number of Topliss-reactive ketones (excluding diaryl/α,β-unsaturated/α-hetero) is 1. The quantitative estimate of drug-likeness (QED) is 0.817. The van der Waals surface area contributed by atoms with Gasteiger partial charge in [0, 0.05) is 11.3 Å². The zero-order valence-electron chi connectivity index (χ0n) is 13.6. The lowest BCUT2D eigenvalue weighted by Gasteiger charge is -2.15. The molecular formula is C18H16F3NO3.